The average Bonchev–Trinajstić information content (AvgIpc) is 1.64. The first-order valence-electron chi connectivity index (χ1n) is 35.0. The monoisotopic (exact) mass is 1350 g/mol. The van der Waals surface area contributed by atoms with Crippen LogP contribution in [-0.2, 0) is 72.1 Å². The summed E-state index contributed by atoms with van der Waals surface area (Å²) in [6.45, 7) is 7.28. The molecule has 5 heterocycles. The Hall–Kier alpha value is -8.46. The van der Waals surface area contributed by atoms with E-state index in [0.29, 0.717) is 108 Å². The minimum absolute atomic E-state index is 0.151. The van der Waals surface area contributed by atoms with Crippen LogP contribution < -0.4 is 47.9 Å². The van der Waals surface area contributed by atoms with Gasteiger partial charge in [0.05, 0.1) is 63.5 Å². The van der Waals surface area contributed by atoms with Gasteiger partial charge in [0.2, 0.25) is 47.3 Å². The van der Waals surface area contributed by atoms with Crippen LogP contribution in [0.15, 0.2) is 128 Å². The summed E-state index contributed by atoms with van der Waals surface area (Å²) in [6.07, 6.45) is 8.31. The first-order valence-corrected chi connectivity index (χ1v) is 35.0. The van der Waals surface area contributed by atoms with Crippen LogP contribution in [0.3, 0.4) is 0 Å². The quantitative estimate of drug-likeness (QED) is 0.0257. The van der Waals surface area contributed by atoms with Gasteiger partial charge in [0.1, 0.15) is 30.2 Å². The molecule has 98 heavy (non-hydrogen) atoms. The van der Waals surface area contributed by atoms with E-state index in [1.165, 1.54) is 0 Å². The van der Waals surface area contributed by atoms with Crippen molar-refractivity contribution in [1.82, 2.24) is 72.6 Å². The highest BCUT2D eigenvalue weighted by Gasteiger charge is 2.50. The molecule has 0 saturated carbocycles. The predicted molar refractivity (Wildman–Crippen MR) is 368 cm³/mol. The second-order valence-electron chi connectivity index (χ2n) is 25.9. The summed E-state index contributed by atoms with van der Waals surface area (Å²) in [7, 11) is 3.40. The van der Waals surface area contributed by atoms with E-state index in [1.807, 2.05) is 91.9 Å². The SMILES string of the molecule is CC[C@H](NC)C(=O)N[C@@H]1C(=O)N2[C@@H](CC[C@@H]1CCNCc1ccccc1)CC[C@H]2C(=O)N[C@H](C(=O)NCCOCCOCCOCCNC(=O)CCc1cn(C[C@H]2CC[C@H]3CC[C@@H](C(=O)NC(c4ccccc4)c4ccccc4)N3C(=O)[C@H]2NC(=O)[C@H](C)NC)nn1)c1ccccc1. The van der Waals surface area contributed by atoms with Crippen LogP contribution in [0.4, 0.5) is 0 Å². The fraction of sp³-hybridized carbons (Fsp3) is 0.534. The van der Waals surface area contributed by atoms with E-state index in [9.17, 15) is 38.4 Å². The number of aromatic nitrogens is 3. The Morgan fingerprint density at radius 3 is 1.64 bits per heavy atom. The van der Waals surface area contributed by atoms with Gasteiger partial charge >= 0.3 is 0 Å². The molecular weight excluding hydrogens is 1250 g/mol. The summed E-state index contributed by atoms with van der Waals surface area (Å²) in [5, 5.41) is 36.3. The summed E-state index contributed by atoms with van der Waals surface area (Å²) in [4.78, 5) is 115. The molecule has 9 rings (SSSR count). The van der Waals surface area contributed by atoms with Gasteiger partial charge in [-0.15, -0.1) is 5.10 Å². The number of amides is 8. The Labute approximate surface area is 575 Å². The number of carbonyl (C=O) groups excluding carboxylic acids is 8. The molecule has 25 heteroatoms. The van der Waals surface area contributed by atoms with Crippen LogP contribution in [-0.4, -0.2) is 194 Å². The van der Waals surface area contributed by atoms with Gasteiger partial charge in [-0.2, -0.15) is 0 Å². The van der Waals surface area contributed by atoms with Crippen molar-refractivity contribution in [2.45, 2.75) is 164 Å². The Kier molecular flexibility index (Phi) is 28.6. The molecule has 528 valence electrons. The molecule has 4 aromatic carbocycles. The molecule has 0 spiro atoms. The zero-order valence-corrected chi connectivity index (χ0v) is 57.0. The number of nitrogens with zero attached hydrogens (tertiary/aromatic N) is 5. The summed E-state index contributed by atoms with van der Waals surface area (Å²) >= 11 is 0. The summed E-state index contributed by atoms with van der Waals surface area (Å²) in [5.74, 6) is -2.95. The van der Waals surface area contributed by atoms with Gasteiger partial charge in [-0.3, -0.25) is 43.0 Å². The van der Waals surface area contributed by atoms with E-state index in [4.69, 9.17) is 14.2 Å². The third-order valence-electron chi connectivity index (χ3n) is 19.4. The third kappa shape index (κ3) is 20.6. The highest BCUT2D eigenvalue weighted by atomic mass is 16.5. The van der Waals surface area contributed by atoms with E-state index >= 15 is 0 Å². The molecule has 4 aliphatic rings. The van der Waals surface area contributed by atoms with Crippen molar-refractivity contribution in [2.75, 3.05) is 73.4 Å². The van der Waals surface area contributed by atoms with Crippen molar-refractivity contribution in [2.24, 2.45) is 11.8 Å². The molecule has 0 radical (unpaired) electrons. The zero-order valence-electron chi connectivity index (χ0n) is 57.0. The van der Waals surface area contributed by atoms with Gasteiger partial charge < -0.3 is 71.9 Å². The van der Waals surface area contributed by atoms with Crippen LogP contribution in [0, 0.1) is 11.8 Å². The van der Waals surface area contributed by atoms with Crippen molar-refractivity contribution in [3.8, 4) is 0 Å². The van der Waals surface area contributed by atoms with Gasteiger partial charge in [0, 0.05) is 63.2 Å². The smallest absolute Gasteiger partial charge is 0.247 e. The number of hydrogen-bond donors (Lipinski definition) is 9. The van der Waals surface area contributed by atoms with Crippen molar-refractivity contribution >= 4 is 47.3 Å². The highest BCUT2D eigenvalue weighted by Crippen LogP contribution is 2.37. The number of carbonyl (C=O) groups is 8. The predicted octanol–water partition coefficient (Wildman–Crippen LogP) is 3.55. The molecule has 9 N–H and O–H groups in total. The summed E-state index contributed by atoms with van der Waals surface area (Å²) in [5.41, 5.74) is 4.18. The van der Waals surface area contributed by atoms with E-state index < -0.39 is 60.1 Å². The van der Waals surface area contributed by atoms with Crippen molar-refractivity contribution in [3.05, 3.63) is 155 Å². The van der Waals surface area contributed by atoms with Gasteiger partial charge in [-0.1, -0.05) is 133 Å². The van der Waals surface area contributed by atoms with Crippen molar-refractivity contribution in [3.63, 3.8) is 0 Å². The van der Waals surface area contributed by atoms with Gasteiger partial charge in [-0.05, 0) is 120 Å². The fourth-order valence-electron chi connectivity index (χ4n) is 13.9. The first-order chi connectivity index (χ1) is 47.7. The molecule has 0 unspecified atom stereocenters. The van der Waals surface area contributed by atoms with E-state index in [2.05, 4.69) is 70.3 Å². The van der Waals surface area contributed by atoms with Gasteiger partial charge in [0.15, 0.2) is 0 Å². The number of nitrogens with one attached hydrogen (secondary N) is 9. The molecule has 1 aromatic heterocycles. The maximum absolute atomic E-state index is 14.8. The Balaban J connectivity index is 0.658. The number of aryl methyl sites for hydroxylation is 1. The number of ether oxygens (including phenoxy) is 3. The number of rotatable bonds is 37. The molecule has 0 aliphatic carbocycles. The van der Waals surface area contributed by atoms with Crippen molar-refractivity contribution < 1.29 is 52.6 Å². The zero-order chi connectivity index (χ0) is 69.2. The van der Waals surface area contributed by atoms with Crippen LogP contribution in [0.25, 0.3) is 0 Å². The number of benzene rings is 4. The molecular formula is C73H100N14O11. The van der Waals surface area contributed by atoms with Gasteiger partial charge in [-0.25, -0.2) is 0 Å². The number of fused-ring (bicyclic) bond motifs is 2. The minimum Gasteiger partial charge on any atom is -0.377 e. The molecule has 5 aromatic rings. The molecule has 4 fully saturated rings. The van der Waals surface area contributed by atoms with Crippen LogP contribution in [0.5, 0.6) is 0 Å². The largest absolute Gasteiger partial charge is 0.377 e. The minimum atomic E-state index is -1.04. The number of hydrogen-bond acceptors (Lipinski definition) is 16. The van der Waals surface area contributed by atoms with Crippen LogP contribution >= 0.6 is 0 Å². The van der Waals surface area contributed by atoms with Crippen molar-refractivity contribution in [1.29, 1.82) is 0 Å². The molecule has 0 bridgehead atoms. The Bertz CT molecular complexity index is 3310. The Morgan fingerprint density at radius 2 is 1.07 bits per heavy atom. The Morgan fingerprint density at radius 1 is 0.561 bits per heavy atom. The maximum Gasteiger partial charge on any atom is 0.247 e. The molecule has 11 atom stereocenters. The summed E-state index contributed by atoms with van der Waals surface area (Å²) < 4.78 is 18.8. The number of likely N-dealkylation sites (N-methyl/N-ethyl adjacent to an activating group) is 2. The fourth-order valence-corrected chi connectivity index (χ4v) is 13.9. The third-order valence-corrected chi connectivity index (χ3v) is 19.4. The second kappa shape index (κ2) is 38.0. The van der Waals surface area contributed by atoms with E-state index in [0.717, 1.165) is 16.7 Å². The standard InChI is InChI=1S/C73H100N14O11/c1-5-59(75-4)68(90)82-65-54(36-37-76-46-50-18-10-6-11-19-50)26-29-57-31-34-61(86(57)72(65)94)70(92)80-64(53-24-16-9-17-25-53)71(93)78-39-41-97-43-45-98-44-42-96-40-38-77-62(88)35-28-56-48-85(84-83-56)47-55-27-30-58-32-33-60(87(58)73(95)66(55)81-67(89)49(2)74-3)69(91)79-63(51-20-12-7-13-21-51)52-22-14-8-15-23-52/h6-25,48-49,54-55,57-61,63-66,74-76H,5,26-47H2,1-4H3,(H,77,88)(H,78,93)(H,79,91)(H,80,92)(H,81,89)(H,82,90)/t49-,54+,55+,57-,58-,59-,60-,61-,64-,65-,66-/m0/s1. The lowest BCUT2D eigenvalue weighted by Gasteiger charge is -2.33. The topological polar surface area (TPSA) is 310 Å². The highest BCUT2D eigenvalue weighted by molar-refractivity contribution is 5.97. The molecule has 8 amide bonds. The van der Waals surface area contributed by atoms with Crippen LogP contribution in [0.1, 0.15) is 125 Å². The molecule has 4 saturated heterocycles. The lowest BCUT2D eigenvalue weighted by atomic mass is 9.90. The average molecular weight is 1350 g/mol. The lowest BCUT2D eigenvalue weighted by Crippen LogP contribution is -2.58. The van der Waals surface area contributed by atoms with E-state index in [1.54, 1.807) is 66.0 Å². The first kappa shape index (κ1) is 73.8. The second-order valence-corrected chi connectivity index (χ2v) is 25.9. The normalized spacial score (nSPS) is 21.6. The van der Waals surface area contributed by atoms with Gasteiger partial charge in [0.25, 0.3) is 0 Å². The molecule has 25 nitrogen and oxygen atoms in total. The maximum atomic E-state index is 14.8. The lowest BCUT2D eigenvalue weighted by molar-refractivity contribution is -0.144. The van der Waals surface area contributed by atoms with Crippen LogP contribution in [0.2, 0.25) is 0 Å². The summed E-state index contributed by atoms with van der Waals surface area (Å²) in [6, 6.07) is 32.4. The van der Waals surface area contributed by atoms with E-state index in [-0.39, 0.29) is 112 Å². The molecule has 4 aliphatic heterocycles.